The van der Waals surface area contributed by atoms with E-state index in [1.165, 1.54) is 11.8 Å². The van der Waals surface area contributed by atoms with Crippen molar-refractivity contribution >= 4 is 50.5 Å². The number of halogens is 1. The van der Waals surface area contributed by atoms with Crippen molar-refractivity contribution in [2.75, 3.05) is 12.5 Å². The molecule has 0 bridgehead atoms. The van der Waals surface area contributed by atoms with Crippen LogP contribution in [0.4, 0.5) is 0 Å². The van der Waals surface area contributed by atoms with E-state index in [0.29, 0.717) is 5.65 Å². The molecule has 2 heterocycles. The topological polar surface area (TPSA) is 54.5 Å². The largest absolute Gasteiger partial charge is 0.268 e. The van der Waals surface area contributed by atoms with Crippen molar-refractivity contribution in [1.29, 1.82) is 0 Å². The number of hydrogen-bond acceptors (Lipinski definition) is 5. The number of rotatable bonds is 2. The first-order valence-electron chi connectivity index (χ1n) is 3.76. The molecule has 0 aliphatic carbocycles. The number of H-pyrrole nitrogens is 1. The molecule has 4 nitrogen and oxygen atoms in total. The van der Waals surface area contributed by atoms with E-state index in [1.807, 2.05) is 12.5 Å². The molecule has 0 fully saturated rings. The molecule has 0 radical (unpaired) electrons. The van der Waals surface area contributed by atoms with Gasteiger partial charge in [-0.25, -0.2) is 9.97 Å². The van der Waals surface area contributed by atoms with Crippen LogP contribution in [0.2, 0.25) is 0 Å². The molecule has 0 spiro atoms. The van der Waals surface area contributed by atoms with E-state index in [0.717, 1.165) is 20.2 Å². The van der Waals surface area contributed by atoms with Gasteiger partial charge in [0.15, 0.2) is 10.8 Å². The highest BCUT2D eigenvalue weighted by molar-refractivity contribution is 9.10. The van der Waals surface area contributed by atoms with Gasteiger partial charge in [0.25, 0.3) is 0 Å². The Bertz CT molecular complexity index is 470. The molecule has 0 saturated heterocycles. The maximum absolute atomic E-state index is 4.40. The molecule has 7 heteroatoms. The predicted octanol–water partition coefficient (Wildman–Crippen LogP) is 2.56. The molecule has 74 valence electrons. The van der Waals surface area contributed by atoms with E-state index in [2.05, 4.69) is 36.1 Å². The molecule has 1 N–H and O–H groups in total. The summed E-state index contributed by atoms with van der Waals surface area (Å²) in [6.45, 7) is 0. The Kier molecular flexibility index (Phi) is 2.99. The van der Waals surface area contributed by atoms with Crippen LogP contribution >= 0.6 is 39.5 Å². The Hall–Kier alpha value is -0.270. The smallest absolute Gasteiger partial charge is 0.190 e. The first kappa shape index (κ1) is 10.3. The fourth-order valence-corrected chi connectivity index (χ4v) is 2.66. The Morgan fingerprint density at radius 3 is 2.64 bits per heavy atom. The summed E-state index contributed by atoms with van der Waals surface area (Å²) < 4.78 is 0.838. The van der Waals surface area contributed by atoms with Crippen LogP contribution in [-0.4, -0.2) is 32.7 Å². The van der Waals surface area contributed by atoms with Crippen molar-refractivity contribution < 1.29 is 0 Å². The minimum atomic E-state index is 0.709. The van der Waals surface area contributed by atoms with Gasteiger partial charge >= 0.3 is 0 Å². The van der Waals surface area contributed by atoms with E-state index in [-0.39, 0.29) is 0 Å². The molecule has 2 aromatic heterocycles. The summed E-state index contributed by atoms with van der Waals surface area (Å²) in [5.74, 6) is 0. The Morgan fingerprint density at radius 1 is 1.21 bits per heavy atom. The number of fused-ring (bicyclic) bond motifs is 1. The van der Waals surface area contributed by atoms with Gasteiger partial charge in [-0.3, -0.25) is 5.10 Å². The van der Waals surface area contributed by atoms with Gasteiger partial charge < -0.3 is 0 Å². The predicted molar refractivity (Wildman–Crippen MR) is 62.9 cm³/mol. The van der Waals surface area contributed by atoms with Crippen molar-refractivity contribution in [3.05, 3.63) is 4.60 Å². The number of aromatic amines is 1. The van der Waals surface area contributed by atoms with Crippen molar-refractivity contribution in [3.8, 4) is 0 Å². The van der Waals surface area contributed by atoms with Gasteiger partial charge in [-0.05, 0) is 28.4 Å². The molecule has 0 atom stereocenters. The average Bonchev–Trinajstić information content (AvgIpc) is 2.59. The summed E-state index contributed by atoms with van der Waals surface area (Å²) in [6, 6.07) is 0. The van der Waals surface area contributed by atoms with Crippen LogP contribution < -0.4 is 0 Å². The highest BCUT2D eigenvalue weighted by Gasteiger charge is 2.12. The monoisotopic (exact) mass is 290 g/mol. The van der Waals surface area contributed by atoms with Crippen LogP contribution in [0.1, 0.15) is 0 Å². The van der Waals surface area contributed by atoms with Gasteiger partial charge in [-0.15, -0.1) is 11.8 Å². The van der Waals surface area contributed by atoms with E-state index in [9.17, 15) is 0 Å². The van der Waals surface area contributed by atoms with E-state index < -0.39 is 0 Å². The lowest BCUT2D eigenvalue weighted by molar-refractivity contribution is 0.925. The molecule has 0 saturated carbocycles. The lowest BCUT2D eigenvalue weighted by atomic mass is 10.4. The van der Waals surface area contributed by atoms with Gasteiger partial charge in [0, 0.05) is 0 Å². The molecular formula is C7H7BrN4S2. The summed E-state index contributed by atoms with van der Waals surface area (Å²) in [5.41, 5.74) is 0.709. The van der Waals surface area contributed by atoms with Gasteiger partial charge in [-0.1, -0.05) is 11.8 Å². The quantitative estimate of drug-likeness (QED) is 0.523. The Morgan fingerprint density at radius 2 is 2.00 bits per heavy atom. The van der Waals surface area contributed by atoms with Gasteiger partial charge in [0.05, 0.1) is 5.39 Å². The van der Waals surface area contributed by atoms with Gasteiger partial charge in [0.2, 0.25) is 0 Å². The van der Waals surface area contributed by atoms with E-state index in [1.54, 1.807) is 11.8 Å². The summed E-state index contributed by atoms with van der Waals surface area (Å²) in [6.07, 6.45) is 3.94. The third-order valence-electron chi connectivity index (χ3n) is 1.69. The molecule has 0 aromatic carbocycles. The Balaban J connectivity index is 2.76. The molecule has 2 rings (SSSR count). The first-order chi connectivity index (χ1) is 6.76. The minimum absolute atomic E-state index is 0.709. The second-order valence-electron chi connectivity index (χ2n) is 2.46. The van der Waals surface area contributed by atoms with Crippen molar-refractivity contribution in [1.82, 2.24) is 20.2 Å². The molecule has 0 aliphatic rings. The molecule has 0 unspecified atom stereocenters. The number of aromatic nitrogens is 4. The van der Waals surface area contributed by atoms with Crippen molar-refractivity contribution in [2.45, 2.75) is 10.2 Å². The maximum Gasteiger partial charge on any atom is 0.190 e. The van der Waals surface area contributed by atoms with Crippen molar-refractivity contribution in [3.63, 3.8) is 0 Å². The lowest BCUT2D eigenvalue weighted by Crippen LogP contribution is -1.89. The highest BCUT2D eigenvalue weighted by atomic mass is 79.9. The van der Waals surface area contributed by atoms with E-state index in [4.69, 9.17) is 0 Å². The second kappa shape index (κ2) is 4.08. The van der Waals surface area contributed by atoms with Crippen LogP contribution in [0.25, 0.3) is 11.0 Å². The maximum atomic E-state index is 4.40. The highest BCUT2D eigenvalue weighted by Crippen LogP contribution is 2.29. The third-order valence-corrected chi connectivity index (χ3v) is 3.50. The van der Waals surface area contributed by atoms with Crippen LogP contribution in [0.15, 0.2) is 14.8 Å². The Labute approximate surface area is 97.8 Å². The molecule has 14 heavy (non-hydrogen) atoms. The van der Waals surface area contributed by atoms with Crippen LogP contribution in [0, 0.1) is 0 Å². The first-order valence-corrected chi connectivity index (χ1v) is 7.00. The minimum Gasteiger partial charge on any atom is -0.268 e. The van der Waals surface area contributed by atoms with E-state index >= 15 is 0 Å². The van der Waals surface area contributed by atoms with Crippen LogP contribution in [0.3, 0.4) is 0 Å². The number of nitrogens with one attached hydrogen (secondary N) is 1. The molecule has 2 aromatic rings. The number of thioether (sulfide) groups is 2. The zero-order chi connectivity index (χ0) is 10.1. The van der Waals surface area contributed by atoms with Gasteiger partial charge in [0.1, 0.15) is 9.63 Å². The summed E-state index contributed by atoms with van der Waals surface area (Å²) in [5, 5.41) is 9.58. The molecule has 0 aliphatic heterocycles. The fourth-order valence-electron chi connectivity index (χ4n) is 1.08. The molecule has 0 amide bonds. The molecular weight excluding hydrogens is 284 g/mol. The fraction of sp³-hybridized carbons (Fsp3) is 0.286. The zero-order valence-corrected chi connectivity index (χ0v) is 10.8. The normalized spacial score (nSPS) is 11.1. The standard InChI is InChI=1S/C7H7BrN4S2/c1-13-6-3-4(8)11-12-5(3)9-7(10-6)14-2/h1-2H3,(H,9,10,11,12). The zero-order valence-electron chi connectivity index (χ0n) is 7.54. The van der Waals surface area contributed by atoms with Crippen molar-refractivity contribution in [2.24, 2.45) is 0 Å². The lowest BCUT2D eigenvalue weighted by Gasteiger charge is -1.99. The number of nitrogens with zero attached hydrogens (tertiary/aromatic N) is 3. The average molecular weight is 291 g/mol. The summed E-state index contributed by atoms with van der Waals surface area (Å²) >= 11 is 6.50. The third kappa shape index (κ3) is 1.64. The summed E-state index contributed by atoms with van der Waals surface area (Å²) in [4.78, 5) is 8.69. The summed E-state index contributed by atoms with van der Waals surface area (Å²) in [7, 11) is 0. The number of hydrogen-bond donors (Lipinski definition) is 1. The second-order valence-corrected chi connectivity index (χ2v) is 4.82. The van der Waals surface area contributed by atoms with Crippen LogP contribution in [0.5, 0.6) is 0 Å². The van der Waals surface area contributed by atoms with Gasteiger partial charge in [-0.2, -0.15) is 5.10 Å². The van der Waals surface area contributed by atoms with Crippen LogP contribution in [-0.2, 0) is 0 Å². The SMILES string of the molecule is CSc1nc(SC)c2c(Br)[nH]nc2n1.